The van der Waals surface area contributed by atoms with Gasteiger partial charge in [0.15, 0.2) is 5.82 Å². The van der Waals surface area contributed by atoms with E-state index in [9.17, 15) is 4.79 Å². The second-order valence-corrected chi connectivity index (χ2v) is 4.76. The Morgan fingerprint density at radius 2 is 2.10 bits per heavy atom. The first-order valence-corrected chi connectivity index (χ1v) is 6.62. The molecule has 0 bridgehead atoms. The average Bonchev–Trinajstić information content (AvgIpc) is 2.44. The molecule has 1 heterocycles. The fraction of sp³-hybridized carbons (Fsp3) is 0.615. The van der Waals surface area contributed by atoms with E-state index in [1.54, 1.807) is 12.0 Å². The maximum atomic E-state index is 12.0. The van der Waals surface area contributed by atoms with E-state index in [1.165, 1.54) is 13.4 Å². The molecule has 0 aromatic carbocycles. The second kappa shape index (κ2) is 8.25. The van der Waals surface area contributed by atoms with Crippen LogP contribution in [-0.4, -0.2) is 57.0 Å². The lowest BCUT2D eigenvalue weighted by atomic mass is 10.2. The Balaban J connectivity index is 2.79. The van der Waals surface area contributed by atoms with Gasteiger partial charge in [0.05, 0.1) is 7.11 Å². The van der Waals surface area contributed by atoms with Crippen molar-refractivity contribution in [3.05, 3.63) is 6.33 Å². The van der Waals surface area contributed by atoms with Crippen molar-refractivity contribution in [1.29, 1.82) is 0 Å². The van der Waals surface area contributed by atoms with Gasteiger partial charge in [-0.1, -0.05) is 0 Å². The first kappa shape index (κ1) is 17.0. The summed E-state index contributed by atoms with van der Waals surface area (Å²) in [6.07, 6.45) is 2.12. The van der Waals surface area contributed by atoms with Crippen molar-refractivity contribution >= 4 is 17.5 Å². The van der Waals surface area contributed by atoms with E-state index in [-0.39, 0.29) is 12.1 Å². The third kappa shape index (κ3) is 5.07. The Morgan fingerprint density at radius 3 is 2.67 bits per heavy atom. The molecular weight excluding hydrogens is 274 g/mol. The largest absolute Gasteiger partial charge is 0.479 e. The van der Waals surface area contributed by atoms with Gasteiger partial charge in [0.2, 0.25) is 5.88 Å². The van der Waals surface area contributed by atoms with Crippen LogP contribution in [0.5, 0.6) is 5.88 Å². The van der Waals surface area contributed by atoms with Gasteiger partial charge in [-0.15, -0.1) is 0 Å². The molecule has 2 N–H and O–H groups in total. The van der Waals surface area contributed by atoms with Crippen LogP contribution in [0.4, 0.5) is 16.3 Å². The van der Waals surface area contributed by atoms with Crippen LogP contribution < -0.4 is 20.3 Å². The van der Waals surface area contributed by atoms with Gasteiger partial charge in [0.1, 0.15) is 12.0 Å². The van der Waals surface area contributed by atoms with Gasteiger partial charge in [0.25, 0.3) is 0 Å². The third-order valence-electron chi connectivity index (χ3n) is 2.78. The van der Waals surface area contributed by atoms with Crippen LogP contribution in [0.3, 0.4) is 0 Å². The van der Waals surface area contributed by atoms with Crippen molar-refractivity contribution < 1.29 is 14.3 Å². The van der Waals surface area contributed by atoms with Gasteiger partial charge in [-0.05, 0) is 13.3 Å². The highest BCUT2D eigenvalue weighted by atomic mass is 16.5. The van der Waals surface area contributed by atoms with E-state index in [0.717, 1.165) is 6.42 Å². The number of methoxy groups -OCH3 is 2. The molecule has 1 rings (SSSR count). The van der Waals surface area contributed by atoms with Crippen LogP contribution in [-0.2, 0) is 4.74 Å². The SMILES string of the molecule is COCC[C@H](C)NC(=O)Nc1c(OC)ncnc1N(C)C. The highest BCUT2D eigenvalue weighted by Gasteiger charge is 2.17. The van der Waals surface area contributed by atoms with Crippen molar-refractivity contribution in [3.8, 4) is 5.88 Å². The number of anilines is 2. The molecule has 2 amide bonds. The number of aromatic nitrogens is 2. The molecule has 0 radical (unpaired) electrons. The quantitative estimate of drug-likeness (QED) is 0.783. The molecule has 0 aliphatic rings. The zero-order valence-electron chi connectivity index (χ0n) is 13.1. The molecule has 1 atom stereocenters. The van der Waals surface area contributed by atoms with E-state index in [1.807, 2.05) is 21.0 Å². The van der Waals surface area contributed by atoms with Crippen LogP contribution in [0.2, 0.25) is 0 Å². The number of carbonyl (C=O) groups excluding carboxylic acids is 1. The maximum Gasteiger partial charge on any atom is 0.319 e. The molecule has 21 heavy (non-hydrogen) atoms. The molecule has 0 saturated heterocycles. The highest BCUT2D eigenvalue weighted by molar-refractivity contribution is 5.94. The van der Waals surface area contributed by atoms with Crippen LogP contribution >= 0.6 is 0 Å². The van der Waals surface area contributed by atoms with Crippen molar-refractivity contribution in [2.75, 3.05) is 45.1 Å². The number of hydrogen-bond donors (Lipinski definition) is 2. The molecule has 1 aromatic heterocycles. The van der Waals surface area contributed by atoms with Crippen molar-refractivity contribution in [2.24, 2.45) is 0 Å². The number of rotatable bonds is 7. The highest BCUT2D eigenvalue weighted by Crippen LogP contribution is 2.29. The predicted octanol–water partition coefficient (Wildman–Crippen LogP) is 1.10. The standard InChI is InChI=1S/C13H23N5O3/c1-9(6-7-20-4)16-13(19)17-10-11(18(2)3)14-8-15-12(10)21-5/h8-9H,6-7H2,1-5H3,(H2,16,17,19)/t9-/m0/s1. The molecule has 0 aliphatic heterocycles. The van der Waals surface area contributed by atoms with E-state index in [4.69, 9.17) is 9.47 Å². The average molecular weight is 297 g/mol. The Labute approximate surface area is 124 Å². The fourth-order valence-electron chi connectivity index (χ4n) is 1.70. The zero-order valence-corrected chi connectivity index (χ0v) is 13.1. The Bertz CT molecular complexity index is 467. The Kier molecular flexibility index (Phi) is 6.67. The van der Waals surface area contributed by atoms with E-state index < -0.39 is 0 Å². The van der Waals surface area contributed by atoms with Gasteiger partial charge < -0.3 is 25.0 Å². The maximum absolute atomic E-state index is 12.0. The minimum Gasteiger partial charge on any atom is -0.479 e. The summed E-state index contributed by atoms with van der Waals surface area (Å²) in [6, 6.07) is -0.349. The summed E-state index contributed by atoms with van der Waals surface area (Å²) < 4.78 is 10.1. The molecule has 1 aromatic rings. The summed E-state index contributed by atoms with van der Waals surface area (Å²) in [5, 5.41) is 5.56. The Morgan fingerprint density at radius 1 is 1.38 bits per heavy atom. The lowest BCUT2D eigenvalue weighted by Crippen LogP contribution is -2.37. The summed E-state index contributed by atoms with van der Waals surface area (Å²) in [5.41, 5.74) is 0.432. The summed E-state index contributed by atoms with van der Waals surface area (Å²) in [5.74, 6) is 0.884. The number of amides is 2. The zero-order chi connectivity index (χ0) is 15.8. The lowest BCUT2D eigenvalue weighted by molar-refractivity contribution is 0.185. The van der Waals surface area contributed by atoms with Crippen LogP contribution in [0.1, 0.15) is 13.3 Å². The smallest absolute Gasteiger partial charge is 0.319 e. The molecule has 0 spiro atoms. The van der Waals surface area contributed by atoms with Gasteiger partial charge in [-0.25, -0.2) is 9.78 Å². The van der Waals surface area contributed by atoms with Crippen LogP contribution in [0, 0.1) is 0 Å². The van der Waals surface area contributed by atoms with Gasteiger partial charge in [-0.3, -0.25) is 0 Å². The Hall–Kier alpha value is -2.09. The first-order chi connectivity index (χ1) is 9.99. The molecule has 118 valence electrons. The third-order valence-corrected chi connectivity index (χ3v) is 2.78. The van der Waals surface area contributed by atoms with Gasteiger partial charge >= 0.3 is 6.03 Å². The van der Waals surface area contributed by atoms with Crippen molar-refractivity contribution in [2.45, 2.75) is 19.4 Å². The number of urea groups is 1. The number of carbonyl (C=O) groups is 1. The predicted molar refractivity (Wildman–Crippen MR) is 81.0 cm³/mol. The number of hydrogen-bond acceptors (Lipinski definition) is 6. The topological polar surface area (TPSA) is 88.6 Å². The second-order valence-electron chi connectivity index (χ2n) is 4.76. The number of nitrogens with zero attached hydrogens (tertiary/aromatic N) is 3. The number of ether oxygens (including phenoxy) is 2. The molecule has 0 saturated carbocycles. The first-order valence-electron chi connectivity index (χ1n) is 6.62. The minimum atomic E-state index is -0.338. The normalized spacial score (nSPS) is 11.7. The van der Waals surface area contributed by atoms with E-state index in [0.29, 0.717) is 24.0 Å². The molecule has 8 heteroatoms. The molecule has 0 aliphatic carbocycles. The number of nitrogens with one attached hydrogen (secondary N) is 2. The summed E-state index contributed by atoms with van der Waals surface area (Å²) in [6.45, 7) is 2.49. The molecule has 8 nitrogen and oxygen atoms in total. The van der Waals surface area contributed by atoms with Gasteiger partial charge in [-0.2, -0.15) is 4.98 Å². The van der Waals surface area contributed by atoms with E-state index >= 15 is 0 Å². The van der Waals surface area contributed by atoms with Gasteiger partial charge in [0, 0.05) is 33.9 Å². The van der Waals surface area contributed by atoms with Crippen molar-refractivity contribution in [3.63, 3.8) is 0 Å². The van der Waals surface area contributed by atoms with Crippen LogP contribution in [0.15, 0.2) is 6.33 Å². The monoisotopic (exact) mass is 297 g/mol. The van der Waals surface area contributed by atoms with Crippen molar-refractivity contribution in [1.82, 2.24) is 15.3 Å². The lowest BCUT2D eigenvalue weighted by Gasteiger charge is -2.19. The van der Waals surface area contributed by atoms with E-state index in [2.05, 4.69) is 20.6 Å². The molecule has 0 fully saturated rings. The minimum absolute atomic E-state index is 0.0108. The van der Waals surface area contributed by atoms with Crippen LogP contribution in [0.25, 0.3) is 0 Å². The fourth-order valence-corrected chi connectivity index (χ4v) is 1.70. The molecule has 0 unspecified atom stereocenters. The summed E-state index contributed by atoms with van der Waals surface area (Å²) in [4.78, 5) is 21.9. The summed E-state index contributed by atoms with van der Waals surface area (Å²) in [7, 11) is 6.77. The molecular formula is C13H23N5O3. The summed E-state index contributed by atoms with van der Waals surface area (Å²) >= 11 is 0.